The SMILES string of the molecule is O=Nc1cc(CCl)cc([N+](=O)[O-])c1CCl. The van der Waals surface area contributed by atoms with E-state index in [1.54, 1.807) is 0 Å². The first-order chi connectivity index (χ1) is 7.13. The molecule has 0 aliphatic heterocycles. The minimum Gasteiger partial charge on any atom is -0.258 e. The monoisotopic (exact) mass is 248 g/mol. The molecule has 0 aromatic heterocycles. The summed E-state index contributed by atoms with van der Waals surface area (Å²) in [5.41, 5.74) is 0.324. The molecule has 0 saturated carbocycles. The topological polar surface area (TPSA) is 72.6 Å². The highest BCUT2D eigenvalue weighted by Gasteiger charge is 2.19. The van der Waals surface area contributed by atoms with Gasteiger partial charge in [-0.3, -0.25) is 10.1 Å². The summed E-state index contributed by atoms with van der Waals surface area (Å²) in [4.78, 5) is 20.5. The minimum atomic E-state index is -0.609. The fourth-order valence-corrected chi connectivity index (χ4v) is 1.58. The number of hydrogen-bond donors (Lipinski definition) is 0. The molecule has 0 fully saturated rings. The summed E-state index contributed by atoms with van der Waals surface area (Å²) in [6.45, 7) is 0. The van der Waals surface area contributed by atoms with Gasteiger partial charge in [-0.15, -0.1) is 28.1 Å². The second-order valence-corrected chi connectivity index (χ2v) is 3.26. The average Bonchev–Trinajstić information content (AvgIpc) is 2.26. The van der Waals surface area contributed by atoms with E-state index in [4.69, 9.17) is 23.2 Å². The van der Waals surface area contributed by atoms with Gasteiger partial charge in [0.2, 0.25) is 0 Å². The van der Waals surface area contributed by atoms with E-state index in [0.717, 1.165) is 0 Å². The van der Waals surface area contributed by atoms with Gasteiger partial charge in [-0.2, -0.15) is 0 Å². The second-order valence-electron chi connectivity index (χ2n) is 2.73. The molecule has 0 spiro atoms. The maximum atomic E-state index is 10.7. The minimum absolute atomic E-state index is 0.0325. The van der Waals surface area contributed by atoms with Gasteiger partial charge in [-0.1, -0.05) is 0 Å². The Morgan fingerprint density at radius 3 is 2.40 bits per heavy atom. The Kier molecular flexibility index (Phi) is 3.99. The van der Waals surface area contributed by atoms with Crippen molar-refractivity contribution in [3.8, 4) is 0 Å². The third kappa shape index (κ3) is 2.43. The van der Waals surface area contributed by atoms with Crippen LogP contribution in [0.4, 0.5) is 11.4 Å². The molecule has 1 aromatic rings. The van der Waals surface area contributed by atoms with Crippen LogP contribution in [-0.2, 0) is 11.8 Å². The third-order valence-electron chi connectivity index (χ3n) is 1.85. The highest BCUT2D eigenvalue weighted by Crippen LogP contribution is 2.32. The molecule has 1 rings (SSSR count). The zero-order valence-corrected chi connectivity index (χ0v) is 8.96. The van der Waals surface area contributed by atoms with Crippen LogP contribution >= 0.6 is 23.2 Å². The van der Waals surface area contributed by atoms with Gasteiger partial charge in [-0.25, -0.2) is 0 Å². The van der Waals surface area contributed by atoms with Crippen molar-refractivity contribution in [3.63, 3.8) is 0 Å². The van der Waals surface area contributed by atoms with Gasteiger partial charge in [0.15, 0.2) is 0 Å². The van der Waals surface area contributed by atoms with Crippen LogP contribution in [0.25, 0.3) is 0 Å². The number of halogens is 2. The van der Waals surface area contributed by atoms with Gasteiger partial charge in [-0.05, 0) is 16.8 Å². The molecule has 0 unspecified atom stereocenters. The largest absolute Gasteiger partial charge is 0.276 e. The molecule has 0 amide bonds. The molecule has 0 aliphatic carbocycles. The quantitative estimate of drug-likeness (QED) is 0.355. The number of alkyl halides is 2. The molecule has 0 bridgehead atoms. The Bertz CT molecular complexity index is 409. The Labute approximate surface area is 95.1 Å². The van der Waals surface area contributed by atoms with Gasteiger partial charge in [0.25, 0.3) is 5.69 Å². The average molecular weight is 249 g/mol. The summed E-state index contributed by atoms with van der Waals surface area (Å²) >= 11 is 11.0. The summed E-state index contributed by atoms with van der Waals surface area (Å²) in [5, 5.41) is 13.4. The van der Waals surface area contributed by atoms with Gasteiger partial charge >= 0.3 is 0 Å². The van der Waals surface area contributed by atoms with Crippen molar-refractivity contribution in [2.24, 2.45) is 5.18 Å². The normalized spacial score (nSPS) is 10.0. The lowest BCUT2D eigenvalue weighted by Crippen LogP contribution is -1.95. The Hall–Kier alpha value is -1.20. The standard InChI is InChI=1S/C8H6Cl2N2O3/c9-3-5-1-7(11-13)6(4-10)8(2-5)12(14)15/h1-2H,3-4H2. The van der Waals surface area contributed by atoms with E-state index in [2.05, 4.69) is 5.18 Å². The predicted octanol–water partition coefficient (Wildman–Crippen LogP) is 3.47. The number of nitro benzene ring substituents is 1. The zero-order chi connectivity index (χ0) is 11.4. The van der Waals surface area contributed by atoms with Crippen molar-refractivity contribution in [2.45, 2.75) is 11.8 Å². The molecule has 0 heterocycles. The molecule has 5 nitrogen and oxygen atoms in total. The van der Waals surface area contributed by atoms with Crippen molar-refractivity contribution in [2.75, 3.05) is 0 Å². The molecular formula is C8H6Cl2N2O3. The van der Waals surface area contributed by atoms with E-state index in [0.29, 0.717) is 5.56 Å². The van der Waals surface area contributed by atoms with Crippen molar-refractivity contribution in [1.29, 1.82) is 0 Å². The number of benzene rings is 1. The summed E-state index contributed by atoms with van der Waals surface area (Å²) in [6, 6.07) is 2.68. The van der Waals surface area contributed by atoms with Crippen LogP contribution in [0.2, 0.25) is 0 Å². The predicted molar refractivity (Wildman–Crippen MR) is 57.7 cm³/mol. The molecule has 80 valence electrons. The van der Waals surface area contributed by atoms with Crippen molar-refractivity contribution < 1.29 is 4.92 Å². The molecule has 7 heteroatoms. The van der Waals surface area contributed by atoms with E-state index in [-0.39, 0.29) is 28.7 Å². The Morgan fingerprint density at radius 2 is 2.00 bits per heavy atom. The first-order valence-electron chi connectivity index (χ1n) is 3.89. The van der Waals surface area contributed by atoms with Crippen LogP contribution in [0.3, 0.4) is 0 Å². The van der Waals surface area contributed by atoms with Gasteiger partial charge in [0, 0.05) is 11.9 Å². The van der Waals surface area contributed by atoms with Gasteiger partial charge in [0.05, 0.1) is 16.4 Å². The number of hydrogen-bond acceptors (Lipinski definition) is 4. The van der Waals surface area contributed by atoms with Crippen molar-refractivity contribution in [1.82, 2.24) is 0 Å². The highest BCUT2D eigenvalue weighted by molar-refractivity contribution is 6.18. The van der Waals surface area contributed by atoms with Crippen LogP contribution in [-0.4, -0.2) is 4.92 Å². The number of nitro groups is 1. The van der Waals surface area contributed by atoms with Crippen molar-refractivity contribution in [3.05, 3.63) is 38.3 Å². The first kappa shape index (κ1) is 11.9. The summed E-state index contributed by atoms with van der Waals surface area (Å²) in [5.74, 6) is -0.0636. The fraction of sp³-hybridized carbons (Fsp3) is 0.250. The van der Waals surface area contributed by atoms with Crippen LogP contribution < -0.4 is 0 Å². The molecule has 0 atom stereocenters. The molecule has 0 radical (unpaired) electrons. The summed E-state index contributed by atoms with van der Waals surface area (Å²) in [7, 11) is 0. The molecule has 1 aromatic carbocycles. The molecule has 0 aliphatic rings. The second kappa shape index (κ2) is 5.04. The number of rotatable bonds is 4. The lowest BCUT2D eigenvalue weighted by molar-refractivity contribution is -0.385. The maximum Gasteiger partial charge on any atom is 0.276 e. The van der Waals surface area contributed by atoms with E-state index >= 15 is 0 Å². The molecule has 0 saturated heterocycles. The summed E-state index contributed by atoms with van der Waals surface area (Å²) in [6.07, 6.45) is 0. The zero-order valence-electron chi connectivity index (χ0n) is 7.44. The van der Waals surface area contributed by atoms with Crippen LogP contribution in [0.15, 0.2) is 17.3 Å². The molecule has 0 N–H and O–H groups in total. The van der Waals surface area contributed by atoms with Gasteiger partial charge in [0.1, 0.15) is 5.69 Å². The van der Waals surface area contributed by atoms with E-state index in [9.17, 15) is 15.0 Å². The Morgan fingerprint density at radius 1 is 1.33 bits per heavy atom. The van der Waals surface area contributed by atoms with Gasteiger partial charge < -0.3 is 0 Å². The van der Waals surface area contributed by atoms with Crippen LogP contribution in [0, 0.1) is 15.0 Å². The first-order valence-corrected chi connectivity index (χ1v) is 4.96. The number of nitrogens with zero attached hydrogens (tertiary/aromatic N) is 2. The fourth-order valence-electron chi connectivity index (χ4n) is 1.16. The third-order valence-corrected chi connectivity index (χ3v) is 2.42. The lowest BCUT2D eigenvalue weighted by atomic mass is 10.1. The number of nitroso groups, excluding NO2 is 1. The Balaban J connectivity index is 3.45. The maximum absolute atomic E-state index is 10.7. The van der Waals surface area contributed by atoms with E-state index in [1.807, 2.05) is 0 Å². The molecule has 15 heavy (non-hydrogen) atoms. The van der Waals surface area contributed by atoms with Crippen LogP contribution in [0.1, 0.15) is 11.1 Å². The van der Waals surface area contributed by atoms with Crippen LogP contribution in [0.5, 0.6) is 0 Å². The van der Waals surface area contributed by atoms with Crippen molar-refractivity contribution >= 4 is 34.6 Å². The van der Waals surface area contributed by atoms with E-state index < -0.39 is 4.92 Å². The summed E-state index contributed by atoms with van der Waals surface area (Å²) < 4.78 is 0. The smallest absolute Gasteiger partial charge is 0.258 e. The highest BCUT2D eigenvalue weighted by atomic mass is 35.5. The molecular weight excluding hydrogens is 243 g/mol. The van der Waals surface area contributed by atoms with E-state index in [1.165, 1.54) is 12.1 Å². The lowest BCUT2D eigenvalue weighted by Gasteiger charge is -2.03.